The molecule has 8 heteroatoms. The largest absolute Gasteiger partial charge is 0.371 e. The lowest BCUT2D eigenvalue weighted by Gasteiger charge is -2.34. The van der Waals surface area contributed by atoms with E-state index in [1.807, 2.05) is 43.3 Å². The molecule has 1 unspecified atom stereocenters. The van der Waals surface area contributed by atoms with E-state index >= 15 is 0 Å². The van der Waals surface area contributed by atoms with Crippen molar-refractivity contribution in [2.24, 2.45) is 0 Å². The Morgan fingerprint density at radius 2 is 1.73 bits per heavy atom. The van der Waals surface area contributed by atoms with Crippen LogP contribution in [0.5, 0.6) is 0 Å². The SMILES string of the molecule is CCS(=O)(=O)c1ccc(N2CCC(NC(=O)C(C)Sc3ccc(Cl)cc3)CC2)cc1. The highest BCUT2D eigenvalue weighted by atomic mass is 35.5. The third kappa shape index (κ3) is 5.93. The van der Waals surface area contributed by atoms with Crippen LogP contribution in [0.25, 0.3) is 0 Å². The zero-order valence-electron chi connectivity index (χ0n) is 17.2. The van der Waals surface area contributed by atoms with Gasteiger partial charge in [-0.25, -0.2) is 8.42 Å². The number of sulfone groups is 1. The number of benzene rings is 2. The molecule has 1 aliphatic heterocycles. The molecule has 1 aliphatic rings. The van der Waals surface area contributed by atoms with Crippen molar-refractivity contribution in [3.63, 3.8) is 0 Å². The van der Waals surface area contributed by atoms with Gasteiger partial charge < -0.3 is 10.2 Å². The third-order valence-corrected chi connectivity index (χ3v) is 8.39. The molecule has 2 aromatic rings. The molecule has 2 aromatic carbocycles. The zero-order chi connectivity index (χ0) is 21.7. The molecule has 30 heavy (non-hydrogen) atoms. The molecule has 1 heterocycles. The van der Waals surface area contributed by atoms with Gasteiger partial charge in [0.05, 0.1) is 15.9 Å². The number of carbonyl (C=O) groups is 1. The molecule has 162 valence electrons. The first kappa shape index (κ1) is 23.0. The number of amides is 1. The molecule has 0 aliphatic carbocycles. The minimum absolute atomic E-state index is 0.0440. The summed E-state index contributed by atoms with van der Waals surface area (Å²) in [6.45, 7) is 5.21. The number of carbonyl (C=O) groups excluding carboxylic acids is 1. The average molecular weight is 467 g/mol. The highest BCUT2D eigenvalue weighted by Crippen LogP contribution is 2.26. The molecule has 1 N–H and O–H groups in total. The van der Waals surface area contributed by atoms with Crippen LogP contribution < -0.4 is 10.2 Å². The summed E-state index contributed by atoms with van der Waals surface area (Å²) in [6.07, 6.45) is 1.72. The van der Waals surface area contributed by atoms with Crippen LogP contribution in [0.2, 0.25) is 5.02 Å². The molecule has 0 aromatic heterocycles. The standard InChI is InChI=1S/C22H27ClN2O3S2/c1-3-30(27,28)21-10-6-19(7-11-21)25-14-12-18(13-15-25)24-22(26)16(2)29-20-8-4-17(23)5-9-20/h4-11,16,18H,3,12-15H2,1-2H3,(H,24,26). The maximum atomic E-state index is 12.6. The Labute approximate surface area is 188 Å². The van der Waals surface area contributed by atoms with E-state index in [-0.39, 0.29) is 23.0 Å². The van der Waals surface area contributed by atoms with Crippen LogP contribution in [-0.4, -0.2) is 44.5 Å². The molecule has 1 saturated heterocycles. The van der Waals surface area contributed by atoms with Gasteiger partial charge in [-0.15, -0.1) is 11.8 Å². The maximum Gasteiger partial charge on any atom is 0.233 e. The summed E-state index contributed by atoms with van der Waals surface area (Å²) in [5.41, 5.74) is 1.02. The van der Waals surface area contributed by atoms with Crippen LogP contribution in [0.4, 0.5) is 5.69 Å². The Morgan fingerprint density at radius 1 is 1.13 bits per heavy atom. The van der Waals surface area contributed by atoms with Gasteiger partial charge in [-0.05, 0) is 68.3 Å². The molecule has 1 amide bonds. The third-order valence-electron chi connectivity index (χ3n) is 5.28. The van der Waals surface area contributed by atoms with Crippen LogP contribution >= 0.6 is 23.4 Å². The first-order chi connectivity index (χ1) is 14.3. The van der Waals surface area contributed by atoms with Crippen LogP contribution in [0.1, 0.15) is 26.7 Å². The Kier molecular flexibility index (Phi) is 7.71. The van der Waals surface area contributed by atoms with Crippen molar-refractivity contribution in [2.75, 3.05) is 23.7 Å². The number of thioether (sulfide) groups is 1. The molecule has 3 rings (SSSR count). The molecule has 1 fully saturated rings. The molecule has 5 nitrogen and oxygen atoms in total. The predicted octanol–water partition coefficient (Wildman–Crippen LogP) is 4.40. The van der Waals surface area contributed by atoms with Gasteiger partial charge in [-0.2, -0.15) is 0 Å². The smallest absolute Gasteiger partial charge is 0.233 e. The van der Waals surface area contributed by atoms with Crippen molar-refractivity contribution in [1.29, 1.82) is 0 Å². The Hall–Kier alpha value is -1.70. The van der Waals surface area contributed by atoms with E-state index in [9.17, 15) is 13.2 Å². The van der Waals surface area contributed by atoms with E-state index in [4.69, 9.17) is 11.6 Å². The lowest BCUT2D eigenvalue weighted by atomic mass is 10.0. The second kappa shape index (κ2) is 10.1. The highest BCUT2D eigenvalue weighted by Gasteiger charge is 2.24. The molecule has 0 bridgehead atoms. The molecular weight excluding hydrogens is 440 g/mol. The molecule has 0 spiro atoms. The number of anilines is 1. The van der Waals surface area contributed by atoms with Gasteiger partial charge in [-0.1, -0.05) is 18.5 Å². The number of hydrogen-bond acceptors (Lipinski definition) is 5. The summed E-state index contributed by atoms with van der Waals surface area (Å²) < 4.78 is 23.9. The molecule has 0 saturated carbocycles. The Balaban J connectivity index is 1.49. The summed E-state index contributed by atoms with van der Waals surface area (Å²) in [5.74, 6) is 0.147. The van der Waals surface area contributed by atoms with E-state index < -0.39 is 9.84 Å². The van der Waals surface area contributed by atoms with Gasteiger partial charge in [-0.3, -0.25) is 4.79 Å². The summed E-state index contributed by atoms with van der Waals surface area (Å²) in [6, 6.07) is 14.7. The van der Waals surface area contributed by atoms with Gasteiger partial charge >= 0.3 is 0 Å². The van der Waals surface area contributed by atoms with Crippen LogP contribution in [0, 0.1) is 0 Å². The first-order valence-electron chi connectivity index (χ1n) is 10.1. The Bertz CT molecular complexity index is 955. The monoisotopic (exact) mass is 466 g/mol. The molecular formula is C22H27ClN2O3S2. The van der Waals surface area contributed by atoms with Gasteiger partial charge in [0.2, 0.25) is 5.91 Å². The van der Waals surface area contributed by atoms with E-state index in [2.05, 4.69) is 10.2 Å². The summed E-state index contributed by atoms with van der Waals surface area (Å²) in [5, 5.41) is 3.67. The zero-order valence-corrected chi connectivity index (χ0v) is 19.6. The summed E-state index contributed by atoms with van der Waals surface area (Å²) >= 11 is 7.43. The fourth-order valence-corrected chi connectivity index (χ4v) is 5.29. The van der Waals surface area contributed by atoms with Crippen molar-refractivity contribution in [3.8, 4) is 0 Å². The number of piperidine rings is 1. The normalized spacial score (nSPS) is 16.3. The van der Waals surface area contributed by atoms with Crippen LogP contribution in [0.3, 0.4) is 0 Å². The second-order valence-electron chi connectivity index (χ2n) is 7.38. The number of rotatable bonds is 7. The van der Waals surface area contributed by atoms with Gasteiger partial charge in [0.25, 0.3) is 0 Å². The Morgan fingerprint density at radius 3 is 2.30 bits per heavy atom. The van der Waals surface area contributed by atoms with Gasteiger partial charge in [0.1, 0.15) is 0 Å². The highest BCUT2D eigenvalue weighted by molar-refractivity contribution is 8.00. The number of hydrogen-bond donors (Lipinski definition) is 1. The minimum atomic E-state index is -3.18. The lowest BCUT2D eigenvalue weighted by molar-refractivity contribution is -0.121. The lowest BCUT2D eigenvalue weighted by Crippen LogP contribution is -2.46. The predicted molar refractivity (Wildman–Crippen MR) is 124 cm³/mol. The van der Waals surface area contributed by atoms with Crippen LogP contribution in [-0.2, 0) is 14.6 Å². The minimum Gasteiger partial charge on any atom is -0.371 e. The van der Waals surface area contributed by atoms with Crippen molar-refractivity contribution in [2.45, 2.75) is 47.8 Å². The van der Waals surface area contributed by atoms with Gasteiger partial charge in [0.15, 0.2) is 9.84 Å². The average Bonchev–Trinajstić information content (AvgIpc) is 2.76. The van der Waals surface area contributed by atoms with E-state index in [1.54, 1.807) is 19.1 Å². The fraction of sp³-hybridized carbons (Fsp3) is 0.409. The van der Waals surface area contributed by atoms with E-state index in [1.165, 1.54) is 11.8 Å². The first-order valence-corrected chi connectivity index (χ1v) is 13.0. The quantitative estimate of drug-likeness (QED) is 0.612. The van der Waals surface area contributed by atoms with Crippen molar-refractivity contribution < 1.29 is 13.2 Å². The van der Waals surface area contributed by atoms with Crippen LogP contribution in [0.15, 0.2) is 58.3 Å². The molecule has 0 radical (unpaired) electrons. The second-order valence-corrected chi connectivity index (χ2v) is 11.5. The van der Waals surface area contributed by atoms with Crippen molar-refractivity contribution in [1.82, 2.24) is 5.32 Å². The summed E-state index contributed by atoms with van der Waals surface area (Å²) in [7, 11) is -3.18. The number of nitrogens with one attached hydrogen (secondary N) is 1. The topological polar surface area (TPSA) is 66.5 Å². The van der Waals surface area contributed by atoms with Crippen molar-refractivity contribution >= 4 is 44.8 Å². The van der Waals surface area contributed by atoms with E-state index in [0.717, 1.165) is 36.5 Å². The number of halogens is 1. The maximum absolute atomic E-state index is 12.6. The van der Waals surface area contributed by atoms with E-state index in [0.29, 0.717) is 9.92 Å². The number of nitrogens with zero attached hydrogens (tertiary/aromatic N) is 1. The van der Waals surface area contributed by atoms with Gasteiger partial charge in [0, 0.05) is 34.7 Å². The molecule has 1 atom stereocenters. The summed E-state index contributed by atoms with van der Waals surface area (Å²) in [4.78, 5) is 16.2. The van der Waals surface area contributed by atoms with Crippen molar-refractivity contribution in [3.05, 3.63) is 53.6 Å². The fourth-order valence-electron chi connectivity index (χ4n) is 3.40.